The lowest BCUT2D eigenvalue weighted by Gasteiger charge is -2.08. The molecule has 0 saturated heterocycles. The van der Waals surface area contributed by atoms with Gasteiger partial charge in [-0.05, 0) is 13.0 Å². The van der Waals surface area contributed by atoms with Crippen molar-refractivity contribution in [2.24, 2.45) is 0 Å². The molecule has 0 heterocycles. The summed E-state index contributed by atoms with van der Waals surface area (Å²) in [6.07, 6.45) is -0.533. The molecule has 1 atom stereocenters. The Kier molecular flexibility index (Phi) is 3.41. The molecule has 0 aliphatic heterocycles. The standard InChI is InChI=1S/C9H12N2O3/c1-7(12)6-10-8-4-2-3-5-9(8)11(13)14/h2-5,7,10,12H,6H2,1H3. The number of aliphatic hydroxyl groups excluding tert-OH is 1. The van der Waals surface area contributed by atoms with Crippen LogP contribution in [0.1, 0.15) is 6.92 Å². The first-order chi connectivity index (χ1) is 6.61. The molecule has 2 N–H and O–H groups in total. The van der Waals surface area contributed by atoms with Gasteiger partial charge in [0.15, 0.2) is 0 Å². The summed E-state index contributed by atoms with van der Waals surface area (Å²) >= 11 is 0. The minimum absolute atomic E-state index is 0.0214. The van der Waals surface area contributed by atoms with Gasteiger partial charge < -0.3 is 10.4 Å². The minimum Gasteiger partial charge on any atom is -0.392 e. The highest BCUT2D eigenvalue weighted by atomic mass is 16.6. The molecule has 1 aromatic rings. The minimum atomic E-state index is -0.533. The van der Waals surface area contributed by atoms with Gasteiger partial charge in [-0.1, -0.05) is 12.1 Å². The van der Waals surface area contributed by atoms with Crippen molar-refractivity contribution in [3.05, 3.63) is 34.4 Å². The summed E-state index contributed by atoms with van der Waals surface area (Å²) < 4.78 is 0. The summed E-state index contributed by atoms with van der Waals surface area (Å²) in [5.74, 6) is 0. The Morgan fingerprint density at radius 1 is 1.57 bits per heavy atom. The SMILES string of the molecule is CC(O)CNc1ccccc1[N+](=O)[O-]. The average Bonchev–Trinajstić information content (AvgIpc) is 2.15. The summed E-state index contributed by atoms with van der Waals surface area (Å²) in [5, 5.41) is 22.4. The smallest absolute Gasteiger partial charge is 0.292 e. The zero-order chi connectivity index (χ0) is 10.6. The van der Waals surface area contributed by atoms with Crippen LogP contribution >= 0.6 is 0 Å². The van der Waals surface area contributed by atoms with Crippen LogP contribution in [0, 0.1) is 10.1 Å². The van der Waals surface area contributed by atoms with Gasteiger partial charge in [-0.2, -0.15) is 0 Å². The van der Waals surface area contributed by atoms with Gasteiger partial charge in [-0.3, -0.25) is 10.1 Å². The average molecular weight is 196 g/mol. The molecule has 5 heteroatoms. The highest BCUT2D eigenvalue weighted by Gasteiger charge is 2.11. The maximum atomic E-state index is 10.6. The Labute approximate surface area is 81.5 Å². The molecule has 5 nitrogen and oxygen atoms in total. The van der Waals surface area contributed by atoms with Gasteiger partial charge >= 0.3 is 0 Å². The summed E-state index contributed by atoms with van der Waals surface area (Å²) in [7, 11) is 0. The lowest BCUT2D eigenvalue weighted by atomic mass is 10.2. The fourth-order valence-corrected chi connectivity index (χ4v) is 1.04. The van der Waals surface area contributed by atoms with Crippen molar-refractivity contribution in [3.63, 3.8) is 0 Å². The molecule has 0 saturated carbocycles. The molecule has 0 radical (unpaired) electrons. The van der Waals surface area contributed by atoms with Crippen molar-refractivity contribution in [2.45, 2.75) is 13.0 Å². The second-order valence-corrected chi connectivity index (χ2v) is 3.00. The lowest BCUT2D eigenvalue weighted by molar-refractivity contribution is -0.384. The van der Waals surface area contributed by atoms with Crippen LogP contribution < -0.4 is 5.32 Å². The second kappa shape index (κ2) is 4.57. The molecule has 0 aliphatic rings. The maximum Gasteiger partial charge on any atom is 0.292 e. The predicted octanol–water partition coefficient (Wildman–Crippen LogP) is 1.39. The van der Waals surface area contributed by atoms with Crippen molar-refractivity contribution in [3.8, 4) is 0 Å². The fraction of sp³-hybridized carbons (Fsp3) is 0.333. The largest absolute Gasteiger partial charge is 0.392 e. The van der Waals surface area contributed by atoms with E-state index < -0.39 is 11.0 Å². The third-order valence-corrected chi connectivity index (χ3v) is 1.69. The van der Waals surface area contributed by atoms with Crippen LogP contribution in [0.5, 0.6) is 0 Å². The number of hydrogen-bond acceptors (Lipinski definition) is 4. The number of benzene rings is 1. The lowest BCUT2D eigenvalue weighted by Crippen LogP contribution is -2.15. The Bertz CT molecular complexity index is 326. The van der Waals surface area contributed by atoms with Crippen LogP contribution in [-0.4, -0.2) is 22.7 Å². The molecule has 0 aromatic heterocycles. The Morgan fingerprint density at radius 3 is 2.79 bits per heavy atom. The number of nitrogens with zero attached hydrogens (tertiary/aromatic N) is 1. The van der Waals surface area contributed by atoms with Gasteiger partial charge in [0.2, 0.25) is 0 Å². The monoisotopic (exact) mass is 196 g/mol. The van der Waals surface area contributed by atoms with Gasteiger partial charge in [0, 0.05) is 12.6 Å². The molecule has 1 rings (SSSR count). The van der Waals surface area contributed by atoms with E-state index in [0.29, 0.717) is 12.2 Å². The van der Waals surface area contributed by atoms with Crippen molar-refractivity contribution in [2.75, 3.05) is 11.9 Å². The van der Waals surface area contributed by atoms with E-state index in [-0.39, 0.29) is 5.69 Å². The first kappa shape index (κ1) is 10.5. The van der Waals surface area contributed by atoms with E-state index in [1.807, 2.05) is 0 Å². The second-order valence-electron chi connectivity index (χ2n) is 3.00. The van der Waals surface area contributed by atoms with E-state index in [9.17, 15) is 10.1 Å². The summed E-state index contributed by atoms with van der Waals surface area (Å²) in [6.45, 7) is 1.91. The first-order valence-electron chi connectivity index (χ1n) is 4.26. The number of nitro groups is 1. The zero-order valence-electron chi connectivity index (χ0n) is 7.80. The topological polar surface area (TPSA) is 75.4 Å². The molecule has 14 heavy (non-hydrogen) atoms. The quantitative estimate of drug-likeness (QED) is 0.563. The van der Waals surface area contributed by atoms with E-state index in [0.717, 1.165) is 0 Å². The molecule has 0 aliphatic carbocycles. The highest BCUT2D eigenvalue weighted by Crippen LogP contribution is 2.22. The molecule has 1 unspecified atom stereocenters. The van der Waals surface area contributed by atoms with Crippen molar-refractivity contribution in [1.29, 1.82) is 0 Å². The van der Waals surface area contributed by atoms with E-state index in [4.69, 9.17) is 5.11 Å². The number of aliphatic hydroxyl groups is 1. The fourth-order valence-electron chi connectivity index (χ4n) is 1.04. The van der Waals surface area contributed by atoms with Crippen LogP contribution in [0.3, 0.4) is 0 Å². The predicted molar refractivity (Wildman–Crippen MR) is 53.3 cm³/mol. The van der Waals surface area contributed by atoms with Gasteiger partial charge in [0.05, 0.1) is 11.0 Å². The van der Waals surface area contributed by atoms with Gasteiger partial charge in [0.25, 0.3) is 5.69 Å². The van der Waals surface area contributed by atoms with Crippen LogP contribution in [-0.2, 0) is 0 Å². The van der Waals surface area contributed by atoms with E-state index >= 15 is 0 Å². The molecular formula is C9H12N2O3. The Morgan fingerprint density at radius 2 is 2.21 bits per heavy atom. The van der Waals surface area contributed by atoms with E-state index in [2.05, 4.69) is 5.32 Å². The number of anilines is 1. The highest BCUT2D eigenvalue weighted by molar-refractivity contribution is 5.61. The maximum absolute atomic E-state index is 10.6. The molecule has 0 fully saturated rings. The van der Waals surface area contributed by atoms with Crippen LogP contribution in [0.15, 0.2) is 24.3 Å². The summed E-state index contributed by atoms with van der Waals surface area (Å²) in [4.78, 5) is 10.1. The van der Waals surface area contributed by atoms with E-state index in [1.165, 1.54) is 6.07 Å². The van der Waals surface area contributed by atoms with Gasteiger partial charge in [-0.25, -0.2) is 0 Å². The van der Waals surface area contributed by atoms with Crippen LogP contribution in [0.4, 0.5) is 11.4 Å². The van der Waals surface area contributed by atoms with Crippen LogP contribution in [0.25, 0.3) is 0 Å². The van der Waals surface area contributed by atoms with Crippen molar-refractivity contribution >= 4 is 11.4 Å². The normalized spacial score (nSPS) is 12.1. The molecule has 76 valence electrons. The van der Waals surface area contributed by atoms with Crippen LogP contribution in [0.2, 0.25) is 0 Å². The van der Waals surface area contributed by atoms with Gasteiger partial charge in [0.1, 0.15) is 5.69 Å². The number of nitro benzene ring substituents is 1. The van der Waals surface area contributed by atoms with Crippen molar-refractivity contribution in [1.82, 2.24) is 0 Å². The van der Waals surface area contributed by atoms with Crippen molar-refractivity contribution < 1.29 is 10.0 Å². The number of nitrogens with one attached hydrogen (secondary N) is 1. The van der Waals surface area contributed by atoms with Gasteiger partial charge in [-0.15, -0.1) is 0 Å². The number of para-hydroxylation sites is 2. The molecule has 0 bridgehead atoms. The summed E-state index contributed by atoms with van der Waals surface area (Å²) in [5.41, 5.74) is 0.451. The van der Waals surface area contributed by atoms with E-state index in [1.54, 1.807) is 25.1 Å². The number of hydrogen-bond donors (Lipinski definition) is 2. The Hall–Kier alpha value is -1.62. The summed E-state index contributed by atoms with van der Waals surface area (Å²) in [6, 6.07) is 6.34. The zero-order valence-corrected chi connectivity index (χ0v) is 7.80. The first-order valence-corrected chi connectivity index (χ1v) is 4.26. The molecule has 0 amide bonds. The molecular weight excluding hydrogens is 184 g/mol. The third-order valence-electron chi connectivity index (χ3n) is 1.69. The molecule has 0 spiro atoms. The number of rotatable bonds is 4. The third kappa shape index (κ3) is 2.70. The Balaban J connectivity index is 2.79. The molecule has 1 aromatic carbocycles.